The second-order valence-corrected chi connectivity index (χ2v) is 8.68. The molecule has 0 aliphatic carbocycles. The number of aromatic nitrogens is 2. The van der Waals surface area contributed by atoms with Crippen molar-refractivity contribution in [2.45, 2.75) is 34.9 Å². The van der Waals surface area contributed by atoms with Gasteiger partial charge in [-0.25, -0.2) is 4.98 Å². The highest BCUT2D eigenvalue weighted by Gasteiger charge is 2.30. The molecule has 1 aromatic heterocycles. The number of alkyl halides is 3. The molecule has 1 aliphatic rings. The molecule has 2 heterocycles. The molecule has 3 aromatic rings. The summed E-state index contributed by atoms with van der Waals surface area (Å²) in [5.41, 5.74) is 1.85. The van der Waals surface area contributed by atoms with Crippen molar-refractivity contribution in [2.75, 3.05) is 5.75 Å². The fourth-order valence-corrected chi connectivity index (χ4v) is 5.09. The highest BCUT2D eigenvalue weighted by molar-refractivity contribution is 7.99. The third-order valence-corrected chi connectivity index (χ3v) is 6.74. The first kappa shape index (κ1) is 20.1. The standard InChI is InChI=1S/C21H17F3N2OS2/c22-21(23,24)16-8-6-15(7-9-16)13-29-20-25-17-10-11-28-18(17)19(27)26(20)12-14-4-2-1-3-5-14/h1-9H,10-13H2. The van der Waals surface area contributed by atoms with Gasteiger partial charge < -0.3 is 0 Å². The zero-order valence-corrected chi connectivity index (χ0v) is 16.9. The molecule has 0 fully saturated rings. The van der Waals surface area contributed by atoms with Crippen LogP contribution in [0.25, 0.3) is 0 Å². The molecule has 0 N–H and O–H groups in total. The molecule has 29 heavy (non-hydrogen) atoms. The third kappa shape index (κ3) is 4.53. The van der Waals surface area contributed by atoms with Gasteiger partial charge in [0.2, 0.25) is 0 Å². The lowest BCUT2D eigenvalue weighted by molar-refractivity contribution is -0.137. The largest absolute Gasteiger partial charge is 0.416 e. The molecule has 3 nitrogen and oxygen atoms in total. The van der Waals surface area contributed by atoms with E-state index in [1.165, 1.54) is 35.7 Å². The van der Waals surface area contributed by atoms with Crippen LogP contribution in [-0.4, -0.2) is 15.3 Å². The molecule has 0 atom stereocenters. The van der Waals surface area contributed by atoms with Crippen molar-refractivity contribution in [3.63, 3.8) is 0 Å². The van der Waals surface area contributed by atoms with Gasteiger partial charge in [0, 0.05) is 17.9 Å². The summed E-state index contributed by atoms with van der Waals surface area (Å²) >= 11 is 2.91. The highest BCUT2D eigenvalue weighted by Crippen LogP contribution is 2.32. The summed E-state index contributed by atoms with van der Waals surface area (Å²) in [7, 11) is 0. The van der Waals surface area contributed by atoms with Gasteiger partial charge in [0.25, 0.3) is 5.56 Å². The van der Waals surface area contributed by atoms with Crippen molar-refractivity contribution in [1.82, 2.24) is 9.55 Å². The first-order valence-corrected chi connectivity index (χ1v) is 11.0. The Morgan fingerprint density at radius 2 is 1.76 bits per heavy atom. The van der Waals surface area contributed by atoms with Crippen LogP contribution in [0.15, 0.2) is 69.4 Å². The Kier molecular flexibility index (Phi) is 5.74. The normalized spacial score (nSPS) is 13.5. The number of nitrogens with zero attached hydrogens (tertiary/aromatic N) is 2. The molecule has 0 spiro atoms. The Morgan fingerprint density at radius 3 is 2.45 bits per heavy atom. The average molecular weight is 435 g/mol. The number of thioether (sulfide) groups is 2. The van der Waals surface area contributed by atoms with E-state index in [-0.39, 0.29) is 5.56 Å². The molecule has 0 bridgehead atoms. The lowest BCUT2D eigenvalue weighted by atomic mass is 10.1. The van der Waals surface area contributed by atoms with Crippen LogP contribution >= 0.6 is 23.5 Å². The van der Waals surface area contributed by atoms with E-state index < -0.39 is 11.7 Å². The summed E-state index contributed by atoms with van der Waals surface area (Å²) in [6, 6.07) is 14.8. The van der Waals surface area contributed by atoms with E-state index in [9.17, 15) is 18.0 Å². The number of aryl methyl sites for hydroxylation is 1. The quantitative estimate of drug-likeness (QED) is 0.406. The van der Waals surface area contributed by atoms with Gasteiger partial charge in [-0.05, 0) is 23.3 Å². The summed E-state index contributed by atoms with van der Waals surface area (Å²) in [4.78, 5) is 18.4. The molecule has 0 radical (unpaired) electrons. The summed E-state index contributed by atoms with van der Waals surface area (Å²) in [5.74, 6) is 1.28. The first-order valence-electron chi connectivity index (χ1n) is 9.01. The van der Waals surface area contributed by atoms with Crippen molar-refractivity contribution >= 4 is 23.5 Å². The monoisotopic (exact) mass is 434 g/mol. The van der Waals surface area contributed by atoms with Crippen LogP contribution < -0.4 is 5.56 Å². The van der Waals surface area contributed by atoms with Crippen molar-refractivity contribution < 1.29 is 13.2 Å². The predicted molar refractivity (Wildman–Crippen MR) is 109 cm³/mol. The Balaban J connectivity index is 1.61. The molecule has 0 saturated carbocycles. The van der Waals surface area contributed by atoms with Crippen molar-refractivity contribution in [1.29, 1.82) is 0 Å². The van der Waals surface area contributed by atoms with Gasteiger partial charge in [-0.15, -0.1) is 11.8 Å². The summed E-state index contributed by atoms with van der Waals surface area (Å²) < 4.78 is 39.9. The lowest BCUT2D eigenvalue weighted by Gasteiger charge is -2.14. The lowest BCUT2D eigenvalue weighted by Crippen LogP contribution is -2.25. The van der Waals surface area contributed by atoms with Crippen molar-refractivity contribution in [3.8, 4) is 0 Å². The van der Waals surface area contributed by atoms with Crippen LogP contribution in [0.5, 0.6) is 0 Å². The molecule has 0 unspecified atom stereocenters. The summed E-state index contributed by atoms with van der Waals surface area (Å²) in [6.07, 6.45) is -3.59. The zero-order chi connectivity index (χ0) is 20.4. The Bertz CT molecular complexity index is 1060. The van der Waals surface area contributed by atoms with Gasteiger partial charge in [0.15, 0.2) is 5.16 Å². The molecule has 0 amide bonds. The maximum absolute atomic E-state index is 13.0. The van der Waals surface area contributed by atoms with E-state index in [4.69, 9.17) is 4.98 Å². The second-order valence-electron chi connectivity index (χ2n) is 6.63. The number of hydrogen-bond donors (Lipinski definition) is 0. The number of rotatable bonds is 5. The van der Waals surface area contributed by atoms with E-state index in [1.54, 1.807) is 4.57 Å². The number of halogens is 3. The van der Waals surface area contributed by atoms with Crippen LogP contribution in [-0.2, 0) is 24.9 Å². The third-order valence-electron chi connectivity index (χ3n) is 4.58. The molecule has 2 aromatic carbocycles. The van der Waals surface area contributed by atoms with Crippen LogP contribution in [0.1, 0.15) is 22.4 Å². The minimum atomic E-state index is -4.35. The average Bonchev–Trinajstić information content (AvgIpc) is 3.18. The highest BCUT2D eigenvalue weighted by atomic mass is 32.2. The predicted octanol–water partition coefficient (Wildman–Crippen LogP) is 5.25. The Hall–Kier alpha value is -2.19. The Labute approximate surface area is 174 Å². The fourth-order valence-electron chi connectivity index (χ4n) is 3.08. The maximum Gasteiger partial charge on any atom is 0.416 e. The number of hydrogen-bond acceptors (Lipinski definition) is 4. The van der Waals surface area contributed by atoms with E-state index >= 15 is 0 Å². The van der Waals surface area contributed by atoms with Crippen molar-refractivity contribution in [3.05, 3.63) is 87.3 Å². The summed E-state index contributed by atoms with van der Waals surface area (Å²) in [5, 5.41) is 0.597. The van der Waals surface area contributed by atoms with E-state index in [2.05, 4.69) is 0 Å². The van der Waals surface area contributed by atoms with Gasteiger partial charge >= 0.3 is 6.18 Å². The van der Waals surface area contributed by atoms with E-state index in [1.807, 2.05) is 30.3 Å². The van der Waals surface area contributed by atoms with Gasteiger partial charge in [0.05, 0.1) is 22.7 Å². The molecule has 150 valence electrons. The molecule has 1 aliphatic heterocycles. The number of fused-ring (bicyclic) bond motifs is 1. The fraction of sp³-hybridized carbons (Fsp3) is 0.238. The van der Waals surface area contributed by atoms with Gasteiger partial charge in [-0.1, -0.05) is 54.2 Å². The SMILES string of the molecule is O=c1c2c(nc(SCc3ccc(C(F)(F)F)cc3)n1Cc1ccccc1)CCS2. The van der Waals surface area contributed by atoms with Crippen LogP contribution in [0, 0.1) is 0 Å². The minimum absolute atomic E-state index is 0.0451. The van der Waals surface area contributed by atoms with Gasteiger partial charge in [-0.2, -0.15) is 13.2 Å². The summed E-state index contributed by atoms with van der Waals surface area (Å²) in [6.45, 7) is 0.413. The van der Waals surface area contributed by atoms with Crippen molar-refractivity contribution in [2.24, 2.45) is 0 Å². The molecule has 0 saturated heterocycles. The molecular formula is C21H17F3N2OS2. The molecule has 8 heteroatoms. The first-order chi connectivity index (χ1) is 13.9. The minimum Gasteiger partial charge on any atom is -0.282 e. The molecular weight excluding hydrogens is 417 g/mol. The topological polar surface area (TPSA) is 34.9 Å². The maximum atomic E-state index is 13.0. The van der Waals surface area contributed by atoms with E-state index in [0.29, 0.717) is 22.3 Å². The van der Waals surface area contributed by atoms with E-state index in [0.717, 1.165) is 41.1 Å². The smallest absolute Gasteiger partial charge is 0.282 e. The van der Waals surface area contributed by atoms with Crippen LogP contribution in [0.4, 0.5) is 13.2 Å². The van der Waals surface area contributed by atoms with Crippen LogP contribution in [0.3, 0.4) is 0 Å². The molecule has 4 rings (SSSR count). The zero-order valence-electron chi connectivity index (χ0n) is 15.3. The number of benzene rings is 2. The van der Waals surface area contributed by atoms with Crippen LogP contribution in [0.2, 0.25) is 0 Å². The second kappa shape index (κ2) is 8.28. The van der Waals surface area contributed by atoms with Gasteiger partial charge in [-0.3, -0.25) is 9.36 Å². The van der Waals surface area contributed by atoms with Gasteiger partial charge in [0.1, 0.15) is 0 Å². The Morgan fingerprint density at radius 1 is 1.03 bits per heavy atom.